The minimum atomic E-state index is -0.120. The molecule has 3 aromatic rings. The highest BCUT2D eigenvalue weighted by atomic mass is 79.9. The molecule has 1 N–H and O–H groups in total. The summed E-state index contributed by atoms with van der Waals surface area (Å²) in [5.74, 6) is 1.12. The van der Waals surface area contributed by atoms with Gasteiger partial charge >= 0.3 is 0 Å². The van der Waals surface area contributed by atoms with Crippen molar-refractivity contribution in [2.75, 3.05) is 30.4 Å². The fraction of sp³-hybridized carbons (Fsp3) is 0.348. The summed E-state index contributed by atoms with van der Waals surface area (Å²) in [5, 5.41) is 3.13. The van der Waals surface area contributed by atoms with Gasteiger partial charge in [0, 0.05) is 23.2 Å². The van der Waals surface area contributed by atoms with Gasteiger partial charge in [-0.05, 0) is 55.2 Å². The van der Waals surface area contributed by atoms with Gasteiger partial charge < -0.3 is 15.0 Å². The number of ether oxygens (including phenoxy) is 1. The number of nitrogens with zero attached hydrogens (tertiary/aromatic N) is 3. The van der Waals surface area contributed by atoms with Crippen molar-refractivity contribution in [3.63, 3.8) is 0 Å². The maximum atomic E-state index is 13.0. The van der Waals surface area contributed by atoms with E-state index >= 15 is 0 Å². The lowest BCUT2D eigenvalue weighted by atomic mass is 9.96. The number of halogens is 1. The Bertz CT molecular complexity index is 1070. The number of para-hydroxylation sites is 2. The van der Waals surface area contributed by atoms with E-state index in [1.165, 1.54) is 0 Å². The molecular weight excluding hydrogens is 444 g/mol. The summed E-state index contributed by atoms with van der Waals surface area (Å²) in [6.07, 6.45) is 2.62. The molecule has 1 aliphatic heterocycles. The maximum absolute atomic E-state index is 13.0. The highest BCUT2D eigenvalue weighted by Gasteiger charge is 2.29. The summed E-state index contributed by atoms with van der Waals surface area (Å²) in [5.41, 5.74) is 3.62. The number of nitrogens with one attached hydrogen (secondary N) is 1. The van der Waals surface area contributed by atoms with Crippen LogP contribution in [-0.2, 0) is 11.2 Å². The van der Waals surface area contributed by atoms with E-state index in [9.17, 15) is 4.79 Å². The third-order valence-electron chi connectivity index (χ3n) is 5.51. The lowest BCUT2D eigenvalue weighted by Gasteiger charge is -2.33. The first-order valence-corrected chi connectivity index (χ1v) is 11.0. The van der Waals surface area contributed by atoms with Crippen LogP contribution in [0.1, 0.15) is 25.3 Å². The van der Waals surface area contributed by atoms with E-state index in [-0.39, 0.29) is 11.8 Å². The number of anilines is 2. The smallest absolute Gasteiger partial charge is 0.257 e. The Morgan fingerprint density at radius 3 is 2.73 bits per heavy atom. The van der Waals surface area contributed by atoms with Crippen molar-refractivity contribution in [2.45, 2.75) is 26.2 Å². The standard InChI is InChI=1S/C23H25BrN4O2/c1-3-15-13-17(24)10-11-18(15)26-22(29)16-7-6-12-28(14-16)21-23(30-2)27-20-9-5-4-8-19(20)25-21/h4-5,8-11,13,16H,3,6-7,12,14H2,1-2H3,(H,26,29)/t16-/m1/s1. The predicted octanol–water partition coefficient (Wildman–Crippen LogP) is 4.82. The van der Waals surface area contributed by atoms with Crippen molar-refractivity contribution in [1.82, 2.24) is 9.97 Å². The van der Waals surface area contributed by atoms with Crippen LogP contribution in [-0.4, -0.2) is 36.1 Å². The molecule has 6 nitrogen and oxygen atoms in total. The molecular formula is C23H25BrN4O2. The van der Waals surface area contributed by atoms with E-state index in [2.05, 4.69) is 44.1 Å². The summed E-state index contributed by atoms with van der Waals surface area (Å²) < 4.78 is 6.54. The van der Waals surface area contributed by atoms with Crippen LogP contribution in [0.3, 0.4) is 0 Å². The number of rotatable bonds is 5. The number of methoxy groups -OCH3 is 1. The Labute approximate surface area is 184 Å². The molecule has 0 bridgehead atoms. The molecule has 0 spiro atoms. The quantitative estimate of drug-likeness (QED) is 0.581. The number of aryl methyl sites for hydroxylation is 1. The van der Waals surface area contributed by atoms with Gasteiger partial charge in [0.05, 0.1) is 24.1 Å². The summed E-state index contributed by atoms with van der Waals surface area (Å²) in [7, 11) is 1.61. The van der Waals surface area contributed by atoms with Crippen molar-refractivity contribution in [1.29, 1.82) is 0 Å². The lowest BCUT2D eigenvalue weighted by Crippen LogP contribution is -2.41. The molecule has 1 amide bonds. The molecule has 1 atom stereocenters. The van der Waals surface area contributed by atoms with Crippen LogP contribution in [0.4, 0.5) is 11.5 Å². The molecule has 2 aromatic carbocycles. The zero-order chi connectivity index (χ0) is 21.1. The van der Waals surface area contributed by atoms with Gasteiger partial charge in [-0.3, -0.25) is 4.79 Å². The number of piperidine rings is 1. The van der Waals surface area contributed by atoms with Gasteiger partial charge in [0.2, 0.25) is 5.91 Å². The van der Waals surface area contributed by atoms with Gasteiger partial charge in [-0.15, -0.1) is 0 Å². The Morgan fingerprint density at radius 2 is 2.00 bits per heavy atom. The number of carbonyl (C=O) groups is 1. The molecule has 1 aliphatic rings. The first-order chi connectivity index (χ1) is 14.6. The van der Waals surface area contributed by atoms with Crippen molar-refractivity contribution >= 4 is 44.4 Å². The first-order valence-electron chi connectivity index (χ1n) is 10.2. The fourth-order valence-corrected chi connectivity index (χ4v) is 4.32. The number of amides is 1. The predicted molar refractivity (Wildman–Crippen MR) is 123 cm³/mol. The average Bonchev–Trinajstić information content (AvgIpc) is 2.79. The zero-order valence-corrected chi connectivity index (χ0v) is 18.8. The molecule has 156 valence electrons. The van der Waals surface area contributed by atoms with Crippen LogP contribution in [0.5, 0.6) is 5.88 Å². The Morgan fingerprint density at radius 1 is 1.23 bits per heavy atom. The molecule has 0 radical (unpaired) electrons. The molecule has 0 aliphatic carbocycles. The number of hydrogen-bond donors (Lipinski definition) is 1. The molecule has 1 aromatic heterocycles. The van der Waals surface area contributed by atoms with Crippen LogP contribution < -0.4 is 15.0 Å². The van der Waals surface area contributed by atoms with Crippen molar-refractivity contribution in [2.24, 2.45) is 5.92 Å². The second-order valence-corrected chi connectivity index (χ2v) is 8.39. The third-order valence-corrected chi connectivity index (χ3v) is 6.01. The summed E-state index contributed by atoms with van der Waals surface area (Å²) in [6, 6.07) is 13.7. The average molecular weight is 469 g/mol. The van der Waals surface area contributed by atoms with Gasteiger partial charge in [0.15, 0.2) is 5.82 Å². The van der Waals surface area contributed by atoms with Crippen molar-refractivity contribution in [3.05, 3.63) is 52.5 Å². The number of hydrogen-bond acceptors (Lipinski definition) is 5. The number of carbonyl (C=O) groups excluding carboxylic acids is 1. The minimum absolute atomic E-state index is 0.0458. The summed E-state index contributed by atoms with van der Waals surface area (Å²) in [6.45, 7) is 3.50. The topological polar surface area (TPSA) is 67.4 Å². The second-order valence-electron chi connectivity index (χ2n) is 7.47. The van der Waals surface area contributed by atoms with E-state index < -0.39 is 0 Å². The van der Waals surface area contributed by atoms with Crippen molar-refractivity contribution in [3.8, 4) is 5.88 Å². The van der Waals surface area contributed by atoms with E-state index in [1.807, 2.05) is 36.4 Å². The fourth-order valence-electron chi connectivity index (χ4n) is 3.91. The highest BCUT2D eigenvalue weighted by molar-refractivity contribution is 9.10. The monoisotopic (exact) mass is 468 g/mol. The van der Waals surface area contributed by atoms with Gasteiger partial charge in [0.25, 0.3) is 5.88 Å². The largest absolute Gasteiger partial charge is 0.478 e. The highest BCUT2D eigenvalue weighted by Crippen LogP contribution is 2.31. The lowest BCUT2D eigenvalue weighted by molar-refractivity contribution is -0.120. The Hall–Kier alpha value is -2.67. The van der Waals surface area contributed by atoms with E-state index in [4.69, 9.17) is 9.72 Å². The molecule has 1 fully saturated rings. The molecule has 4 rings (SSSR count). The SMILES string of the molecule is CCc1cc(Br)ccc1NC(=O)[C@@H]1CCCN(c2nc3ccccc3nc2OC)C1. The normalized spacial score (nSPS) is 16.5. The van der Waals surface area contributed by atoms with E-state index in [1.54, 1.807) is 7.11 Å². The van der Waals surface area contributed by atoms with Crippen LogP contribution in [0, 0.1) is 5.92 Å². The maximum Gasteiger partial charge on any atom is 0.257 e. The molecule has 30 heavy (non-hydrogen) atoms. The number of fused-ring (bicyclic) bond motifs is 1. The minimum Gasteiger partial charge on any atom is -0.478 e. The summed E-state index contributed by atoms with van der Waals surface area (Å²) in [4.78, 5) is 24.6. The molecule has 0 saturated carbocycles. The van der Waals surface area contributed by atoms with Crippen LogP contribution in [0.15, 0.2) is 46.9 Å². The molecule has 0 unspecified atom stereocenters. The molecule has 7 heteroatoms. The second kappa shape index (κ2) is 9.00. The number of aromatic nitrogens is 2. The van der Waals surface area contributed by atoms with Gasteiger partial charge in [-0.1, -0.05) is 35.0 Å². The van der Waals surface area contributed by atoms with Gasteiger partial charge in [-0.2, -0.15) is 0 Å². The zero-order valence-electron chi connectivity index (χ0n) is 17.2. The van der Waals surface area contributed by atoms with Gasteiger partial charge in [-0.25, -0.2) is 9.97 Å². The van der Waals surface area contributed by atoms with Crippen LogP contribution in [0.25, 0.3) is 11.0 Å². The van der Waals surface area contributed by atoms with E-state index in [0.717, 1.165) is 52.6 Å². The van der Waals surface area contributed by atoms with Crippen LogP contribution in [0.2, 0.25) is 0 Å². The number of benzene rings is 2. The first kappa shape index (κ1) is 20.6. The van der Waals surface area contributed by atoms with E-state index in [0.29, 0.717) is 18.2 Å². The third kappa shape index (κ3) is 4.26. The Balaban J connectivity index is 1.55. The van der Waals surface area contributed by atoms with Crippen molar-refractivity contribution < 1.29 is 9.53 Å². The molecule has 2 heterocycles. The van der Waals surface area contributed by atoms with Gasteiger partial charge in [0.1, 0.15) is 0 Å². The Kier molecular flexibility index (Phi) is 6.18. The molecule has 1 saturated heterocycles. The summed E-state index contributed by atoms with van der Waals surface area (Å²) >= 11 is 3.50. The van der Waals surface area contributed by atoms with Crippen LogP contribution >= 0.6 is 15.9 Å².